The van der Waals surface area contributed by atoms with Crippen molar-refractivity contribution in [3.8, 4) is 0 Å². The zero-order valence-corrected chi connectivity index (χ0v) is 12.3. The maximum Gasteiger partial charge on any atom is 0.320 e. The summed E-state index contributed by atoms with van der Waals surface area (Å²) in [6.07, 6.45) is 1.47. The second-order valence-electron chi connectivity index (χ2n) is 5.48. The summed E-state index contributed by atoms with van der Waals surface area (Å²) in [6.45, 7) is 8.46. The number of carboxylic acids is 1. The number of carboxylic acid groups (broad SMARTS) is 1. The minimum Gasteiger partial charge on any atom is -0.480 e. The maximum atomic E-state index is 10.9. The molecule has 0 spiro atoms. The first kappa shape index (κ1) is 15.7. The molecule has 3 unspecified atom stereocenters. The average molecular weight is 263 g/mol. The summed E-state index contributed by atoms with van der Waals surface area (Å²) in [5, 5.41) is 8.93. The van der Waals surface area contributed by atoms with Crippen LogP contribution in [0.1, 0.15) is 49.3 Å². The molecule has 1 aromatic rings. The van der Waals surface area contributed by atoms with Crippen LogP contribution in [-0.4, -0.2) is 17.1 Å². The van der Waals surface area contributed by atoms with E-state index in [1.54, 1.807) is 0 Å². The third kappa shape index (κ3) is 4.06. The largest absolute Gasteiger partial charge is 0.480 e. The lowest BCUT2D eigenvalue weighted by molar-refractivity contribution is -0.139. The van der Waals surface area contributed by atoms with E-state index in [0.29, 0.717) is 18.3 Å². The first-order chi connectivity index (χ1) is 8.86. The molecule has 0 saturated heterocycles. The van der Waals surface area contributed by atoms with E-state index in [4.69, 9.17) is 10.8 Å². The Hall–Kier alpha value is -1.35. The molecule has 1 aromatic carbocycles. The van der Waals surface area contributed by atoms with Crippen LogP contribution in [0.4, 0.5) is 0 Å². The second-order valence-corrected chi connectivity index (χ2v) is 5.48. The van der Waals surface area contributed by atoms with Gasteiger partial charge in [-0.05, 0) is 48.8 Å². The fourth-order valence-corrected chi connectivity index (χ4v) is 2.47. The Morgan fingerprint density at radius 3 is 2.42 bits per heavy atom. The molecule has 0 aromatic heterocycles. The fraction of sp³-hybridized carbons (Fsp3) is 0.562. The third-order valence-corrected chi connectivity index (χ3v) is 4.16. The molecule has 0 radical (unpaired) electrons. The second kappa shape index (κ2) is 6.71. The van der Waals surface area contributed by atoms with E-state index in [-0.39, 0.29) is 0 Å². The molecule has 106 valence electrons. The molecule has 3 atom stereocenters. The fourth-order valence-electron chi connectivity index (χ4n) is 2.47. The number of aliphatic carboxylic acids is 1. The summed E-state index contributed by atoms with van der Waals surface area (Å²) >= 11 is 0. The van der Waals surface area contributed by atoms with E-state index in [2.05, 4.69) is 45.9 Å². The number of aryl methyl sites for hydroxylation is 2. The topological polar surface area (TPSA) is 63.3 Å². The van der Waals surface area contributed by atoms with Gasteiger partial charge in [0.2, 0.25) is 0 Å². The number of nitrogens with two attached hydrogens (primary N) is 1. The van der Waals surface area contributed by atoms with Gasteiger partial charge in [-0.15, -0.1) is 0 Å². The summed E-state index contributed by atoms with van der Waals surface area (Å²) in [5.41, 5.74) is 9.50. The van der Waals surface area contributed by atoms with Crippen molar-refractivity contribution < 1.29 is 9.90 Å². The van der Waals surface area contributed by atoms with Crippen LogP contribution in [0.25, 0.3) is 0 Å². The summed E-state index contributed by atoms with van der Waals surface area (Å²) < 4.78 is 0. The molecular formula is C16H25NO2. The Morgan fingerprint density at radius 2 is 1.95 bits per heavy atom. The van der Waals surface area contributed by atoms with Gasteiger partial charge in [0.1, 0.15) is 6.04 Å². The molecule has 3 heteroatoms. The van der Waals surface area contributed by atoms with Crippen LogP contribution in [-0.2, 0) is 4.79 Å². The minimum absolute atomic E-state index is 0.299. The number of hydrogen-bond donors (Lipinski definition) is 2. The van der Waals surface area contributed by atoms with E-state index >= 15 is 0 Å². The average Bonchev–Trinajstić information content (AvgIpc) is 2.37. The summed E-state index contributed by atoms with van der Waals surface area (Å²) in [7, 11) is 0. The van der Waals surface area contributed by atoms with E-state index in [9.17, 15) is 4.79 Å². The molecule has 0 aliphatic heterocycles. The van der Waals surface area contributed by atoms with Gasteiger partial charge in [0.25, 0.3) is 0 Å². The molecule has 1 rings (SSSR count). The van der Waals surface area contributed by atoms with Gasteiger partial charge >= 0.3 is 5.97 Å². The lowest BCUT2D eigenvalue weighted by Gasteiger charge is -2.25. The van der Waals surface area contributed by atoms with Crippen molar-refractivity contribution in [1.29, 1.82) is 0 Å². The molecule has 0 aliphatic rings. The zero-order chi connectivity index (χ0) is 14.6. The van der Waals surface area contributed by atoms with Crippen molar-refractivity contribution in [2.24, 2.45) is 11.7 Å². The van der Waals surface area contributed by atoms with Gasteiger partial charge in [0.05, 0.1) is 0 Å². The van der Waals surface area contributed by atoms with Crippen molar-refractivity contribution >= 4 is 5.97 Å². The zero-order valence-electron chi connectivity index (χ0n) is 12.3. The maximum absolute atomic E-state index is 10.9. The Labute approximate surface area is 115 Å². The molecule has 0 saturated carbocycles. The van der Waals surface area contributed by atoms with Gasteiger partial charge in [0, 0.05) is 0 Å². The van der Waals surface area contributed by atoms with Gasteiger partial charge < -0.3 is 10.8 Å². The van der Waals surface area contributed by atoms with Gasteiger partial charge in [-0.3, -0.25) is 4.79 Å². The lowest BCUT2D eigenvalue weighted by atomic mass is 9.81. The Morgan fingerprint density at radius 1 is 1.32 bits per heavy atom. The smallest absolute Gasteiger partial charge is 0.320 e. The van der Waals surface area contributed by atoms with E-state index in [1.165, 1.54) is 16.7 Å². The number of carbonyl (C=O) groups is 1. The van der Waals surface area contributed by atoms with Crippen molar-refractivity contribution in [3.05, 3.63) is 34.9 Å². The molecule has 0 bridgehead atoms. The molecule has 0 aliphatic carbocycles. The number of benzene rings is 1. The Balaban J connectivity index is 2.85. The highest BCUT2D eigenvalue weighted by Gasteiger charge is 2.23. The highest BCUT2D eigenvalue weighted by atomic mass is 16.4. The van der Waals surface area contributed by atoms with Crippen LogP contribution in [0.5, 0.6) is 0 Å². The van der Waals surface area contributed by atoms with Gasteiger partial charge in [0.15, 0.2) is 0 Å². The Kier molecular flexibility index (Phi) is 5.55. The molecule has 0 fully saturated rings. The van der Waals surface area contributed by atoms with Crippen LogP contribution >= 0.6 is 0 Å². The van der Waals surface area contributed by atoms with Crippen LogP contribution < -0.4 is 5.73 Å². The van der Waals surface area contributed by atoms with E-state index in [0.717, 1.165) is 6.42 Å². The molecule has 0 heterocycles. The van der Waals surface area contributed by atoms with E-state index in [1.807, 2.05) is 0 Å². The predicted molar refractivity (Wildman–Crippen MR) is 78.3 cm³/mol. The first-order valence-corrected chi connectivity index (χ1v) is 6.92. The van der Waals surface area contributed by atoms with Crippen molar-refractivity contribution in [2.75, 3.05) is 0 Å². The Bertz CT molecular complexity index is 442. The molecule has 19 heavy (non-hydrogen) atoms. The highest BCUT2D eigenvalue weighted by molar-refractivity contribution is 5.73. The number of rotatable bonds is 6. The van der Waals surface area contributed by atoms with E-state index < -0.39 is 12.0 Å². The first-order valence-electron chi connectivity index (χ1n) is 6.92. The van der Waals surface area contributed by atoms with Gasteiger partial charge in [-0.25, -0.2) is 0 Å². The van der Waals surface area contributed by atoms with Crippen molar-refractivity contribution in [1.82, 2.24) is 0 Å². The number of hydrogen-bond acceptors (Lipinski definition) is 2. The minimum atomic E-state index is -0.911. The van der Waals surface area contributed by atoms with Crippen LogP contribution in [0.3, 0.4) is 0 Å². The SMILES string of the molecule is CCC(CC(N)C(=O)O)C(C)c1ccc(C)c(C)c1. The summed E-state index contributed by atoms with van der Waals surface area (Å²) in [6, 6.07) is 5.71. The summed E-state index contributed by atoms with van der Waals surface area (Å²) in [4.78, 5) is 10.9. The van der Waals surface area contributed by atoms with Gasteiger partial charge in [-0.1, -0.05) is 38.5 Å². The van der Waals surface area contributed by atoms with Gasteiger partial charge in [-0.2, -0.15) is 0 Å². The van der Waals surface area contributed by atoms with Crippen LogP contribution in [0.15, 0.2) is 18.2 Å². The van der Waals surface area contributed by atoms with Crippen LogP contribution in [0.2, 0.25) is 0 Å². The molecule has 0 amide bonds. The normalized spacial score (nSPS) is 15.8. The monoisotopic (exact) mass is 263 g/mol. The van der Waals surface area contributed by atoms with Crippen LogP contribution in [0, 0.1) is 19.8 Å². The molecular weight excluding hydrogens is 238 g/mol. The molecule has 3 nitrogen and oxygen atoms in total. The summed E-state index contributed by atoms with van der Waals surface area (Å²) in [5.74, 6) is -0.284. The van der Waals surface area contributed by atoms with Crippen molar-refractivity contribution in [3.63, 3.8) is 0 Å². The quantitative estimate of drug-likeness (QED) is 0.828. The van der Waals surface area contributed by atoms with Crippen molar-refractivity contribution in [2.45, 2.75) is 52.5 Å². The lowest BCUT2D eigenvalue weighted by Crippen LogP contribution is -2.33. The standard InChI is InChI=1S/C16H25NO2/c1-5-13(9-15(17)16(18)19)12(4)14-7-6-10(2)11(3)8-14/h6-8,12-13,15H,5,9,17H2,1-4H3,(H,18,19). The highest BCUT2D eigenvalue weighted by Crippen LogP contribution is 2.31. The predicted octanol–water partition coefficient (Wildman–Crippen LogP) is 3.24. The molecule has 3 N–H and O–H groups in total. The third-order valence-electron chi connectivity index (χ3n) is 4.16.